The standard InChI is InChI=1S/C31H23FN4O7S/c1-33-30(37)28-23-15-22(18-5-4-6-19(13-18)31-34-24-14-21(36(38)39)11-12-26(24)43-31)25(35(2)44(3,40)41)16-27(23)42-29(28)17-7-9-20(32)10-8-17/h4-16H,1-3H3,(H,33,37). The maximum absolute atomic E-state index is 13.7. The van der Waals surface area contributed by atoms with Gasteiger partial charge in [-0.2, -0.15) is 0 Å². The van der Waals surface area contributed by atoms with Gasteiger partial charge in [0.2, 0.25) is 15.9 Å². The molecular formula is C31H23FN4O7S. The molecule has 1 N–H and O–H groups in total. The SMILES string of the molecule is CNC(=O)c1c(-c2ccc(F)cc2)oc2cc(N(C)S(C)(=O)=O)c(-c3cccc(-c4nc5cc([N+](=O)[O-])ccc5o4)c3)cc12. The van der Waals surface area contributed by atoms with Gasteiger partial charge in [0.15, 0.2) is 5.58 Å². The molecule has 0 fully saturated rings. The summed E-state index contributed by atoms with van der Waals surface area (Å²) in [4.78, 5) is 28.3. The second kappa shape index (κ2) is 10.6. The van der Waals surface area contributed by atoms with E-state index in [-0.39, 0.29) is 34.2 Å². The normalized spacial score (nSPS) is 11.6. The Bertz CT molecular complexity index is 2220. The third-order valence-corrected chi connectivity index (χ3v) is 8.40. The van der Waals surface area contributed by atoms with E-state index in [4.69, 9.17) is 8.83 Å². The number of hydrogen-bond donors (Lipinski definition) is 1. The minimum absolute atomic E-state index is 0.125. The molecule has 11 nitrogen and oxygen atoms in total. The quantitative estimate of drug-likeness (QED) is 0.161. The van der Waals surface area contributed by atoms with Gasteiger partial charge < -0.3 is 14.2 Å². The Morgan fingerprint density at radius 2 is 1.68 bits per heavy atom. The lowest BCUT2D eigenvalue weighted by Gasteiger charge is -2.21. The summed E-state index contributed by atoms with van der Waals surface area (Å²) in [5.74, 6) is -0.511. The largest absolute Gasteiger partial charge is 0.455 e. The number of carbonyl (C=O) groups is 1. The Balaban J connectivity index is 1.57. The number of aromatic nitrogens is 1. The second-order valence-corrected chi connectivity index (χ2v) is 12.0. The van der Waals surface area contributed by atoms with Crippen molar-refractivity contribution in [2.75, 3.05) is 24.7 Å². The Morgan fingerprint density at radius 3 is 2.36 bits per heavy atom. The van der Waals surface area contributed by atoms with Crippen molar-refractivity contribution in [1.29, 1.82) is 0 Å². The van der Waals surface area contributed by atoms with Crippen LogP contribution in [0.3, 0.4) is 0 Å². The fourth-order valence-electron chi connectivity index (χ4n) is 4.93. The van der Waals surface area contributed by atoms with Crippen molar-refractivity contribution in [3.05, 3.63) is 100 Å². The smallest absolute Gasteiger partial charge is 0.271 e. The molecule has 0 spiro atoms. The summed E-state index contributed by atoms with van der Waals surface area (Å²) >= 11 is 0. The Morgan fingerprint density at radius 1 is 0.955 bits per heavy atom. The summed E-state index contributed by atoms with van der Waals surface area (Å²) in [7, 11) is -0.865. The fourth-order valence-corrected chi connectivity index (χ4v) is 5.44. The van der Waals surface area contributed by atoms with Crippen LogP contribution in [0, 0.1) is 15.9 Å². The number of furan rings is 1. The zero-order chi connectivity index (χ0) is 31.3. The summed E-state index contributed by atoms with van der Waals surface area (Å²) in [6.45, 7) is 0. The van der Waals surface area contributed by atoms with Crippen LogP contribution in [0.1, 0.15) is 10.4 Å². The first-order valence-electron chi connectivity index (χ1n) is 13.1. The van der Waals surface area contributed by atoms with E-state index in [0.29, 0.717) is 38.7 Å². The molecule has 0 radical (unpaired) electrons. The van der Waals surface area contributed by atoms with Crippen molar-refractivity contribution in [2.24, 2.45) is 0 Å². The predicted molar refractivity (Wildman–Crippen MR) is 163 cm³/mol. The fraction of sp³-hybridized carbons (Fsp3) is 0.0968. The monoisotopic (exact) mass is 614 g/mol. The van der Waals surface area contributed by atoms with Gasteiger partial charge in [0.1, 0.15) is 22.7 Å². The third-order valence-electron chi connectivity index (χ3n) is 7.21. The lowest BCUT2D eigenvalue weighted by atomic mass is 9.97. The summed E-state index contributed by atoms with van der Waals surface area (Å²) in [6.07, 6.45) is 1.07. The Hall–Kier alpha value is -5.56. The molecule has 0 aliphatic carbocycles. The maximum Gasteiger partial charge on any atom is 0.271 e. The number of anilines is 1. The zero-order valence-corrected chi connectivity index (χ0v) is 24.3. The van der Waals surface area contributed by atoms with Gasteiger partial charge in [-0.3, -0.25) is 19.2 Å². The highest BCUT2D eigenvalue weighted by Gasteiger charge is 2.26. The predicted octanol–water partition coefficient (Wildman–Crippen LogP) is 6.38. The molecule has 0 atom stereocenters. The van der Waals surface area contributed by atoms with Crippen molar-refractivity contribution in [3.8, 4) is 33.9 Å². The number of non-ortho nitro benzene ring substituents is 1. The molecule has 0 saturated carbocycles. The van der Waals surface area contributed by atoms with E-state index in [1.807, 2.05) is 0 Å². The molecule has 6 aromatic rings. The second-order valence-electron chi connectivity index (χ2n) is 10.00. The van der Waals surface area contributed by atoms with E-state index in [9.17, 15) is 27.7 Å². The van der Waals surface area contributed by atoms with Gasteiger partial charge in [0, 0.05) is 54.4 Å². The summed E-state index contributed by atoms with van der Waals surface area (Å²) in [5, 5.41) is 14.2. The van der Waals surface area contributed by atoms with Crippen molar-refractivity contribution in [2.45, 2.75) is 0 Å². The van der Waals surface area contributed by atoms with Gasteiger partial charge in [-0.1, -0.05) is 12.1 Å². The number of fused-ring (bicyclic) bond motifs is 2. The molecule has 2 heterocycles. The first kappa shape index (κ1) is 28.6. The molecule has 222 valence electrons. The molecule has 6 rings (SSSR count). The first-order chi connectivity index (χ1) is 20.9. The van der Waals surface area contributed by atoms with Crippen LogP contribution in [0.2, 0.25) is 0 Å². The van der Waals surface area contributed by atoms with Gasteiger partial charge in [-0.15, -0.1) is 0 Å². The van der Waals surface area contributed by atoms with Gasteiger partial charge >= 0.3 is 0 Å². The molecule has 0 bridgehead atoms. The average molecular weight is 615 g/mol. The highest BCUT2D eigenvalue weighted by molar-refractivity contribution is 7.92. The average Bonchev–Trinajstić information content (AvgIpc) is 3.60. The Kier molecular flexibility index (Phi) is 6.89. The first-order valence-corrected chi connectivity index (χ1v) is 15.0. The number of sulfonamides is 1. The molecular weight excluding hydrogens is 591 g/mol. The van der Waals surface area contributed by atoms with Crippen LogP contribution in [0.15, 0.2) is 87.7 Å². The number of oxazole rings is 1. The minimum atomic E-state index is -3.74. The van der Waals surface area contributed by atoms with E-state index < -0.39 is 26.7 Å². The van der Waals surface area contributed by atoms with Gasteiger partial charge in [0.25, 0.3) is 11.6 Å². The van der Waals surface area contributed by atoms with Crippen molar-refractivity contribution in [3.63, 3.8) is 0 Å². The number of nitro groups is 1. The number of rotatable bonds is 7. The summed E-state index contributed by atoms with van der Waals surface area (Å²) in [5.41, 5.74) is 3.25. The summed E-state index contributed by atoms with van der Waals surface area (Å²) in [6, 6.07) is 19.8. The lowest BCUT2D eigenvalue weighted by Crippen LogP contribution is -2.25. The molecule has 2 aromatic heterocycles. The number of nitro benzene ring substituents is 1. The third kappa shape index (κ3) is 5.02. The number of carbonyl (C=O) groups excluding carboxylic acids is 1. The topological polar surface area (TPSA) is 149 Å². The molecule has 13 heteroatoms. The molecule has 44 heavy (non-hydrogen) atoms. The van der Waals surface area contributed by atoms with E-state index in [2.05, 4.69) is 10.3 Å². The molecule has 0 unspecified atom stereocenters. The van der Waals surface area contributed by atoms with Crippen molar-refractivity contribution in [1.82, 2.24) is 10.3 Å². The van der Waals surface area contributed by atoms with Crippen molar-refractivity contribution < 1.29 is 31.4 Å². The molecule has 1 amide bonds. The number of benzene rings is 4. The maximum atomic E-state index is 13.7. The van der Waals surface area contributed by atoms with E-state index >= 15 is 0 Å². The highest BCUT2D eigenvalue weighted by atomic mass is 32.2. The van der Waals surface area contributed by atoms with Crippen molar-refractivity contribution >= 4 is 49.4 Å². The zero-order valence-electron chi connectivity index (χ0n) is 23.5. The van der Waals surface area contributed by atoms with E-state index in [0.717, 1.165) is 10.6 Å². The highest BCUT2D eigenvalue weighted by Crippen LogP contribution is 2.42. The number of nitrogens with zero attached hydrogens (tertiary/aromatic N) is 3. The number of nitrogens with one attached hydrogen (secondary N) is 1. The van der Waals surface area contributed by atoms with Gasteiger partial charge in [0.05, 0.1) is 22.4 Å². The summed E-state index contributed by atoms with van der Waals surface area (Å²) < 4.78 is 52.2. The molecule has 0 aliphatic rings. The number of amides is 1. The van der Waals surface area contributed by atoms with Crippen LogP contribution in [-0.4, -0.2) is 44.6 Å². The van der Waals surface area contributed by atoms with Crippen LogP contribution < -0.4 is 9.62 Å². The molecule has 4 aromatic carbocycles. The number of halogens is 1. The van der Waals surface area contributed by atoms with Crippen LogP contribution >= 0.6 is 0 Å². The van der Waals surface area contributed by atoms with Gasteiger partial charge in [-0.05, 0) is 54.1 Å². The van der Waals surface area contributed by atoms with Crippen LogP contribution in [0.4, 0.5) is 15.8 Å². The number of hydrogen-bond acceptors (Lipinski definition) is 8. The van der Waals surface area contributed by atoms with E-state index in [1.165, 1.54) is 62.6 Å². The molecule has 0 aliphatic heterocycles. The molecule has 0 saturated heterocycles. The Labute approximate surface area is 249 Å². The van der Waals surface area contributed by atoms with E-state index in [1.54, 1.807) is 30.3 Å². The van der Waals surface area contributed by atoms with Crippen LogP contribution in [-0.2, 0) is 10.0 Å². The lowest BCUT2D eigenvalue weighted by molar-refractivity contribution is -0.384. The van der Waals surface area contributed by atoms with Gasteiger partial charge in [-0.25, -0.2) is 17.8 Å². The van der Waals surface area contributed by atoms with Crippen LogP contribution in [0.5, 0.6) is 0 Å². The minimum Gasteiger partial charge on any atom is -0.455 e. The van der Waals surface area contributed by atoms with Crippen LogP contribution in [0.25, 0.3) is 56.0 Å².